The third-order valence-corrected chi connectivity index (χ3v) is 7.31. The molecule has 1 aromatic rings. The molecule has 2 heterocycles. The smallest absolute Gasteiger partial charge is 0.191 e. The van der Waals surface area contributed by atoms with Crippen molar-refractivity contribution in [1.29, 1.82) is 0 Å². The van der Waals surface area contributed by atoms with Crippen LogP contribution in [0.5, 0.6) is 11.5 Å². The van der Waals surface area contributed by atoms with Crippen molar-refractivity contribution in [3.05, 3.63) is 23.8 Å². The van der Waals surface area contributed by atoms with Crippen LogP contribution in [0.1, 0.15) is 18.0 Å². The molecule has 2 aliphatic rings. The first-order valence-electron chi connectivity index (χ1n) is 10.2. The van der Waals surface area contributed by atoms with Gasteiger partial charge in [0.1, 0.15) is 0 Å². The summed E-state index contributed by atoms with van der Waals surface area (Å²) in [7, 11) is 2.00. The van der Waals surface area contributed by atoms with Crippen LogP contribution in [0.4, 0.5) is 0 Å². The number of hydrogen-bond donors (Lipinski definition) is 2. The van der Waals surface area contributed by atoms with Gasteiger partial charge in [0.05, 0.1) is 45.0 Å². The van der Waals surface area contributed by atoms with Gasteiger partial charge in [-0.3, -0.25) is 9.89 Å². The lowest BCUT2D eigenvalue weighted by Gasteiger charge is -2.35. The zero-order valence-corrected chi connectivity index (χ0v) is 21.4. The van der Waals surface area contributed by atoms with Crippen molar-refractivity contribution < 1.29 is 22.6 Å². The Balaban J connectivity index is 0.00000341. The van der Waals surface area contributed by atoms with E-state index in [1.54, 1.807) is 21.3 Å². The number of methoxy groups -OCH3 is 2. The summed E-state index contributed by atoms with van der Waals surface area (Å²) in [6, 6.07) is 5.92. The standard InChI is InChI=1S/C20H32N4O5S.HI/c1-21-20(23-16-6-11-30(25,26)14-16)22-13-17(24-7-9-29-10-8-24)15-4-5-18(27-2)19(12-15)28-3;/h4-5,12,16-17H,6-11,13-14H2,1-3H3,(H2,21,22,23);1H. The van der Waals surface area contributed by atoms with Crippen molar-refractivity contribution >= 4 is 39.8 Å². The van der Waals surface area contributed by atoms with E-state index in [4.69, 9.17) is 14.2 Å². The van der Waals surface area contributed by atoms with Gasteiger partial charge < -0.3 is 24.8 Å². The Morgan fingerprint density at radius 2 is 1.97 bits per heavy atom. The molecule has 0 aliphatic carbocycles. The van der Waals surface area contributed by atoms with Gasteiger partial charge in [0.25, 0.3) is 0 Å². The number of sulfone groups is 1. The number of halogens is 1. The summed E-state index contributed by atoms with van der Waals surface area (Å²) in [5.41, 5.74) is 1.10. The Hall–Kier alpha value is -1.31. The van der Waals surface area contributed by atoms with Gasteiger partial charge in [-0.2, -0.15) is 0 Å². The van der Waals surface area contributed by atoms with E-state index in [1.165, 1.54) is 0 Å². The molecule has 31 heavy (non-hydrogen) atoms. The Kier molecular flexibility index (Phi) is 10.1. The minimum atomic E-state index is -2.95. The maximum atomic E-state index is 11.7. The topological polar surface area (TPSA) is 101 Å². The summed E-state index contributed by atoms with van der Waals surface area (Å²) < 4.78 is 39.9. The molecule has 1 aromatic carbocycles. The van der Waals surface area contributed by atoms with Gasteiger partial charge in [-0.25, -0.2) is 8.42 Å². The van der Waals surface area contributed by atoms with E-state index in [0.717, 1.165) is 18.7 Å². The predicted octanol–water partition coefficient (Wildman–Crippen LogP) is 1.05. The molecule has 3 rings (SSSR count). The predicted molar refractivity (Wildman–Crippen MR) is 132 cm³/mol. The van der Waals surface area contributed by atoms with Crippen molar-refractivity contribution in [3.8, 4) is 11.5 Å². The molecule has 0 bridgehead atoms. The molecule has 2 aliphatic heterocycles. The fourth-order valence-corrected chi connectivity index (χ4v) is 5.57. The number of ether oxygens (including phenoxy) is 3. The number of guanidine groups is 1. The molecular formula is C20H33IN4O5S. The van der Waals surface area contributed by atoms with Crippen molar-refractivity contribution in [3.63, 3.8) is 0 Å². The molecule has 2 atom stereocenters. The highest BCUT2D eigenvalue weighted by Crippen LogP contribution is 2.32. The van der Waals surface area contributed by atoms with Gasteiger partial charge in [0, 0.05) is 32.7 Å². The van der Waals surface area contributed by atoms with Crippen molar-refractivity contribution in [1.82, 2.24) is 15.5 Å². The maximum absolute atomic E-state index is 11.7. The molecule has 0 aromatic heterocycles. The lowest BCUT2D eigenvalue weighted by atomic mass is 10.0. The quantitative estimate of drug-likeness (QED) is 0.286. The Morgan fingerprint density at radius 3 is 2.55 bits per heavy atom. The minimum absolute atomic E-state index is 0. The van der Waals surface area contributed by atoms with Crippen LogP contribution in [-0.2, 0) is 14.6 Å². The van der Waals surface area contributed by atoms with Gasteiger partial charge >= 0.3 is 0 Å². The van der Waals surface area contributed by atoms with Gasteiger partial charge in [0.15, 0.2) is 27.3 Å². The molecule has 2 fully saturated rings. The number of hydrogen-bond acceptors (Lipinski definition) is 7. The summed E-state index contributed by atoms with van der Waals surface area (Å²) in [5.74, 6) is 2.36. The first kappa shape index (κ1) is 25.9. The molecule has 11 heteroatoms. The summed E-state index contributed by atoms with van der Waals surface area (Å²) >= 11 is 0. The zero-order chi connectivity index (χ0) is 21.6. The van der Waals surface area contributed by atoms with Crippen LogP contribution in [0.15, 0.2) is 23.2 Å². The average molecular weight is 568 g/mol. The fourth-order valence-electron chi connectivity index (χ4n) is 3.90. The molecule has 0 saturated carbocycles. The molecule has 2 N–H and O–H groups in total. The van der Waals surface area contributed by atoms with Crippen molar-refractivity contribution in [2.45, 2.75) is 18.5 Å². The molecule has 9 nitrogen and oxygen atoms in total. The van der Waals surface area contributed by atoms with Gasteiger partial charge in [-0.15, -0.1) is 24.0 Å². The second kappa shape index (κ2) is 12.1. The zero-order valence-electron chi connectivity index (χ0n) is 18.3. The highest BCUT2D eigenvalue weighted by molar-refractivity contribution is 14.0. The highest BCUT2D eigenvalue weighted by Gasteiger charge is 2.29. The number of rotatable bonds is 7. The molecule has 0 spiro atoms. The third-order valence-electron chi connectivity index (χ3n) is 5.54. The van der Waals surface area contributed by atoms with E-state index in [2.05, 4.69) is 20.5 Å². The second-order valence-corrected chi connectivity index (χ2v) is 9.70. The Bertz CT molecular complexity index is 846. The SMILES string of the molecule is CN=C(NCC(c1ccc(OC)c(OC)c1)N1CCOCC1)NC1CCS(=O)(=O)C1.I. The van der Waals surface area contributed by atoms with E-state index < -0.39 is 9.84 Å². The van der Waals surface area contributed by atoms with Crippen LogP contribution < -0.4 is 20.1 Å². The van der Waals surface area contributed by atoms with E-state index in [0.29, 0.717) is 43.6 Å². The second-order valence-electron chi connectivity index (χ2n) is 7.48. The Morgan fingerprint density at radius 1 is 1.26 bits per heavy atom. The average Bonchev–Trinajstić information content (AvgIpc) is 3.11. The summed E-state index contributed by atoms with van der Waals surface area (Å²) in [5, 5.41) is 6.62. The lowest BCUT2D eigenvalue weighted by Crippen LogP contribution is -2.48. The van der Waals surface area contributed by atoms with E-state index in [1.807, 2.05) is 18.2 Å². The first-order valence-corrected chi connectivity index (χ1v) is 12.0. The Labute approximate surface area is 201 Å². The molecule has 0 radical (unpaired) electrons. The minimum Gasteiger partial charge on any atom is -0.493 e. The highest BCUT2D eigenvalue weighted by atomic mass is 127. The van der Waals surface area contributed by atoms with Crippen LogP contribution in [0.3, 0.4) is 0 Å². The van der Waals surface area contributed by atoms with Gasteiger partial charge in [-0.05, 0) is 24.1 Å². The number of morpholine rings is 1. The van der Waals surface area contributed by atoms with E-state index in [9.17, 15) is 8.42 Å². The largest absolute Gasteiger partial charge is 0.493 e. The van der Waals surface area contributed by atoms with Crippen LogP contribution in [0.2, 0.25) is 0 Å². The van der Waals surface area contributed by atoms with Crippen LogP contribution in [-0.4, -0.2) is 90.9 Å². The first-order chi connectivity index (χ1) is 14.5. The van der Waals surface area contributed by atoms with Crippen LogP contribution in [0, 0.1) is 0 Å². The number of nitrogens with one attached hydrogen (secondary N) is 2. The fraction of sp³-hybridized carbons (Fsp3) is 0.650. The lowest BCUT2D eigenvalue weighted by molar-refractivity contribution is 0.0169. The monoisotopic (exact) mass is 568 g/mol. The summed E-state index contributed by atoms with van der Waals surface area (Å²) in [6.45, 7) is 3.64. The van der Waals surface area contributed by atoms with E-state index in [-0.39, 0.29) is 47.6 Å². The normalized spacial score (nSPS) is 22.3. The number of aliphatic imine (C=N–C) groups is 1. The maximum Gasteiger partial charge on any atom is 0.191 e. The molecule has 2 unspecified atom stereocenters. The van der Waals surface area contributed by atoms with Crippen LogP contribution >= 0.6 is 24.0 Å². The number of benzene rings is 1. The molecular weight excluding hydrogens is 535 g/mol. The van der Waals surface area contributed by atoms with E-state index >= 15 is 0 Å². The van der Waals surface area contributed by atoms with Crippen molar-refractivity contribution in [2.75, 3.05) is 65.6 Å². The summed E-state index contributed by atoms with van der Waals surface area (Å²) in [4.78, 5) is 6.65. The van der Waals surface area contributed by atoms with Crippen LogP contribution in [0.25, 0.3) is 0 Å². The van der Waals surface area contributed by atoms with Gasteiger partial charge in [0.2, 0.25) is 0 Å². The molecule has 0 amide bonds. The number of nitrogens with zero attached hydrogens (tertiary/aromatic N) is 2. The van der Waals surface area contributed by atoms with Crippen molar-refractivity contribution in [2.24, 2.45) is 4.99 Å². The molecule has 176 valence electrons. The summed E-state index contributed by atoms with van der Waals surface area (Å²) in [6.07, 6.45) is 0.603. The molecule has 2 saturated heterocycles. The van der Waals surface area contributed by atoms with Gasteiger partial charge in [-0.1, -0.05) is 6.07 Å². The third kappa shape index (κ3) is 7.09.